The summed E-state index contributed by atoms with van der Waals surface area (Å²) in [5.74, 6) is 0.207. The summed E-state index contributed by atoms with van der Waals surface area (Å²) in [5.41, 5.74) is 0.595. The lowest BCUT2D eigenvalue weighted by atomic mass is 10.3. The number of nitrogens with zero attached hydrogens (tertiary/aromatic N) is 2. The van der Waals surface area contributed by atoms with E-state index in [1.165, 1.54) is 12.3 Å². The molecular weight excluding hydrogens is 258 g/mol. The average Bonchev–Trinajstić information content (AvgIpc) is 2.24. The van der Waals surface area contributed by atoms with Gasteiger partial charge in [-0.25, -0.2) is 13.4 Å². The zero-order valence-corrected chi connectivity index (χ0v) is 11.0. The number of nitrogens with one attached hydrogen (secondary N) is 1. The second-order valence-electron chi connectivity index (χ2n) is 4.05. The Labute approximate surface area is 105 Å². The van der Waals surface area contributed by atoms with E-state index in [1.807, 2.05) is 0 Å². The molecule has 1 aromatic heterocycles. The van der Waals surface area contributed by atoms with Crippen molar-refractivity contribution >= 4 is 21.3 Å². The third-order valence-corrected chi connectivity index (χ3v) is 3.22. The lowest BCUT2D eigenvalue weighted by molar-refractivity contribution is -0.384. The van der Waals surface area contributed by atoms with Gasteiger partial charge in [-0.05, 0) is 18.9 Å². The van der Waals surface area contributed by atoms with E-state index in [4.69, 9.17) is 0 Å². The summed E-state index contributed by atoms with van der Waals surface area (Å²) in [6.45, 7) is 2.04. The van der Waals surface area contributed by atoms with Gasteiger partial charge < -0.3 is 5.32 Å². The van der Waals surface area contributed by atoms with Crippen molar-refractivity contribution in [2.24, 2.45) is 0 Å². The summed E-state index contributed by atoms with van der Waals surface area (Å²) in [4.78, 5) is 14.2. The maximum absolute atomic E-state index is 10.9. The number of anilines is 1. The standard InChI is InChI=1S/C10H15N3O4S/c1-8-6-9(13(14)15)10(12-7-8)11-4-3-5-18(2,16)17/h6-7H,3-5H2,1-2H3,(H,11,12). The summed E-state index contributed by atoms with van der Waals surface area (Å²) in [5, 5.41) is 13.6. The summed E-state index contributed by atoms with van der Waals surface area (Å²) < 4.78 is 21.8. The Morgan fingerprint density at radius 2 is 2.17 bits per heavy atom. The molecule has 0 bridgehead atoms. The fourth-order valence-electron chi connectivity index (χ4n) is 1.37. The number of aromatic nitrogens is 1. The molecule has 0 amide bonds. The van der Waals surface area contributed by atoms with E-state index in [-0.39, 0.29) is 17.3 Å². The zero-order valence-electron chi connectivity index (χ0n) is 10.2. The van der Waals surface area contributed by atoms with Crippen LogP contribution in [-0.2, 0) is 9.84 Å². The number of nitro groups is 1. The molecule has 0 aliphatic rings. The van der Waals surface area contributed by atoms with E-state index in [9.17, 15) is 18.5 Å². The van der Waals surface area contributed by atoms with Crippen molar-refractivity contribution in [1.29, 1.82) is 0 Å². The van der Waals surface area contributed by atoms with Gasteiger partial charge in [-0.15, -0.1) is 0 Å². The maximum Gasteiger partial charge on any atom is 0.311 e. The van der Waals surface area contributed by atoms with E-state index in [1.54, 1.807) is 6.92 Å². The minimum atomic E-state index is -3.01. The molecule has 18 heavy (non-hydrogen) atoms. The summed E-state index contributed by atoms with van der Waals surface area (Å²) in [6.07, 6.45) is 3.05. The van der Waals surface area contributed by atoms with Gasteiger partial charge >= 0.3 is 5.69 Å². The first-order valence-corrected chi connectivity index (χ1v) is 7.38. The second-order valence-corrected chi connectivity index (χ2v) is 6.31. The Morgan fingerprint density at radius 1 is 1.50 bits per heavy atom. The van der Waals surface area contributed by atoms with E-state index < -0.39 is 14.8 Å². The van der Waals surface area contributed by atoms with Gasteiger partial charge in [0.25, 0.3) is 0 Å². The van der Waals surface area contributed by atoms with Crippen molar-refractivity contribution < 1.29 is 13.3 Å². The third kappa shape index (κ3) is 4.66. The molecule has 100 valence electrons. The molecular formula is C10H15N3O4S. The highest BCUT2D eigenvalue weighted by Gasteiger charge is 2.14. The molecule has 0 spiro atoms. The minimum absolute atomic E-state index is 0.0413. The van der Waals surface area contributed by atoms with E-state index >= 15 is 0 Å². The molecule has 0 aliphatic carbocycles. The van der Waals surface area contributed by atoms with E-state index in [0.717, 1.165) is 6.26 Å². The molecule has 8 heteroatoms. The van der Waals surface area contributed by atoms with Crippen molar-refractivity contribution in [3.05, 3.63) is 27.9 Å². The summed E-state index contributed by atoms with van der Waals surface area (Å²) in [6, 6.07) is 1.42. The summed E-state index contributed by atoms with van der Waals surface area (Å²) >= 11 is 0. The van der Waals surface area contributed by atoms with Gasteiger partial charge in [0.2, 0.25) is 5.82 Å². The van der Waals surface area contributed by atoms with Crippen LogP contribution in [0.5, 0.6) is 0 Å². The molecule has 1 rings (SSSR count). The SMILES string of the molecule is Cc1cnc(NCCCS(C)(=O)=O)c([N+](=O)[O-])c1. The van der Waals surface area contributed by atoms with Crippen LogP contribution in [0, 0.1) is 17.0 Å². The van der Waals surface area contributed by atoms with Gasteiger partial charge in [-0.3, -0.25) is 10.1 Å². The predicted molar refractivity (Wildman–Crippen MR) is 68.4 cm³/mol. The van der Waals surface area contributed by atoms with Crippen molar-refractivity contribution in [2.45, 2.75) is 13.3 Å². The molecule has 0 atom stereocenters. The highest BCUT2D eigenvalue weighted by molar-refractivity contribution is 7.90. The van der Waals surface area contributed by atoms with Gasteiger partial charge in [0.05, 0.1) is 10.7 Å². The number of hydrogen-bond acceptors (Lipinski definition) is 6. The van der Waals surface area contributed by atoms with Gasteiger partial charge in [0.1, 0.15) is 9.84 Å². The van der Waals surface area contributed by atoms with Crippen LogP contribution >= 0.6 is 0 Å². The van der Waals surface area contributed by atoms with Crippen LogP contribution < -0.4 is 5.32 Å². The number of pyridine rings is 1. The number of rotatable bonds is 6. The Bertz CT molecular complexity index is 542. The second kappa shape index (κ2) is 5.76. The molecule has 0 radical (unpaired) electrons. The normalized spacial score (nSPS) is 11.2. The van der Waals surface area contributed by atoms with Crippen LogP contribution in [-0.4, -0.2) is 36.9 Å². The largest absolute Gasteiger partial charge is 0.364 e. The molecule has 7 nitrogen and oxygen atoms in total. The summed E-state index contributed by atoms with van der Waals surface area (Å²) in [7, 11) is -3.01. The number of hydrogen-bond donors (Lipinski definition) is 1. The smallest absolute Gasteiger partial charge is 0.311 e. The fourth-order valence-corrected chi connectivity index (χ4v) is 2.04. The molecule has 0 unspecified atom stereocenters. The minimum Gasteiger partial charge on any atom is -0.364 e. The quantitative estimate of drug-likeness (QED) is 0.474. The van der Waals surface area contributed by atoms with E-state index in [0.29, 0.717) is 18.5 Å². The molecule has 0 saturated heterocycles. The fraction of sp³-hybridized carbons (Fsp3) is 0.500. The highest BCUT2D eigenvalue weighted by atomic mass is 32.2. The molecule has 1 N–H and O–H groups in total. The van der Waals surface area contributed by atoms with Crippen molar-refractivity contribution in [2.75, 3.05) is 23.9 Å². The van der Waals surface area contributed by atoms with Crippen LogP contribution in [0.4, 0.5) is 11.5 Å². The van der Waals surface area contributed by atoms with Gasteiger partial charge in [0.15, 0.2) is 0 Å². The van der Waals surface area contributed by atoms with E-state index in [2.05, 4.69) is 10.3 Å². The van der Waals surface area contributed by atoms with Crippen molar-refractivity contribution in [3.8, 4) is 0 Å². The lowest BCUT2D eigenvalue weighted by Gasteiger charge is -2.06. The molecule has 0 saturated carbocycles. The first kappa shape index (κ1) is 14.4. The van der Waals surface area contributed by atoms with Crippen LogP contribution in [0.1, 0.15) is 12.0 Å². The van der Waals surface area contributed by atoms with Crippen LogP contribution in [0.25, 0.3) is 0 Å². The average molecular weight is 273 g/mol. The van der Waals surface area contributed by atoms with Crippen LogP contribution in [0.2, 0.25) is 0 Å². The Balaban J connectivity index is 2.65. The number of aryl methyl sites for hydroxylation is 1. The lowest BCUT2D eigenvalue weighted by Crippen LogP contribution is -2.11. The Kier molecular flexibility index (Phi) is 4.60. The van der Waals surface area contributed by atoms with Crippen molar-refractivity contribution in [1.82, 2.24) is 4.98 Å². The van der Waals surface area contributed by atoms with Gasteiger partial charge in [0, 0.05) is 25.1 Å². The highest BCUT2D eigenvalue weighted by Crippen LogP contribution is 2.22. The monoisotopic (exact) mass is 273 g/mol. The molecule has 0 aliphatic heterocycles. The predicted octanol–water partition coefficient (Wildman–Crippen LogP) is 1.14. The Morgan fingerprint density at radius 3 is 2.72 bits per heavy atom. The Hall–Kier alpha value is -1.70. The molecule has 1 aromatic rings. The zero-order chi connectivity index (χ0) is 13.8. The first-order valence-electron chi connectivity index (χ1n) is 5.32. The number of sulfone groups is 1. The van der Waals surface area contributed by atoms with Gasteiger partial charge in [-0.2, -0.15) is 0 Å². The van der Waals surface area contributed by atoms with Gasteiger partial charge in [-0.1, -0.05) is 0 Å². The van der Waals surface area contributed by atoms with Crippen molar-refractivity contribution in [3.63, 3.8) is 0 Å². The molecule has 0 aromatic carbocycles. The molecule has 0 fully saturated rings. The third-order valence-electron chi connectivity index (χ3n) is 2.19. The van der Waals surface area contributed by atoms with Crippen LogP contribution in [0.15, 0.2) is 12.3 Å². The first-order chi connectivity index (χ1) is 8.29. The van der Waals surface area contributed by atoms with Crippen LogP contribution in [0.3, 0.4) is 0 Å². The molecule has 1 heterocycles. The maximum atomic E-state index is 10.9. The topological polar surface area (TPSA) is 102 Å².